The predicted molar refractivity (Wildman–Crippen MR) is 80.1 cm³/mol. The lowest BCUT2D eigenvalue weighted by Crippen LogP contribution is -2.47. The van der Waals surface area contributed by atoms with E-state index in [0.717, 1.165) is 5.69 Å². The third-order valence-corrected chi connectivity index (χ3v) is 2.88. The van der Waals surface area contributed by atoms with Crippen LogP contribution in [-0.4, -0.2) is 17.3 Å². The number of hydrogen-bond donors (Lipinski definition) is 4. The van der Waals surface area contributed by atoms with Gasteiger partial charge in [-0.3, -0.25) is 10.9 Å². The van der Waals surface area contributed by atoms with E-state index in [1.165, 1.54) is 11.1 Å². The number of anilines is 1. The van der Waals surface area contributed by atoms with Gasteiger partial charge in [0.2, 0.25) is 0 Å². The predicted octanol–water partition coefficient (Wildman–Crippen LogP) is 1.60. The topological polar surface area (TPSA) is 48.1 Å². The first-order valence-corrected chi connectivity index (χ1v) is 5.97. The molecule has 0 aliphatic carbocycles. The van der Waals surface area contributed by atoms with E-state index >= 15 is 0 Å². The van der Waals surface area contributed by atoms with Crippen LogP contribution in [0.5, 0.6) is 0 Å². The van der Waals surface area contributed by atoms with Crippen molar-refractivity contribution in [2.24, 2.45) is 0 Å². The summed E-state index contributed by atoms with van der Waals surface area (Å²) in [6.45, 7) is 4.11. The molecule has 4 N–H and O–H groups in total. The molecular weight excluding hydrogens is 252 g/mol. The summed E-state index contributed by atoms with van der Waals surface area (Å²) < 4.78 is 0. The summed E-state index contributed by atoms with van der Waals surface area (Å²) in [6.07, 6.45) is 0. The highest BCUT2D eigenvalue weighted by atomic mass is 32.1. The second-order valence-corrected chi connectivity index (χ2v) is 4.35. The molecule has 1 aromatic carbocycles. The van der Waals surface area contributed by atoms with Crippen LogP contribution in [0.15, 0.2) is 18.2 Å². The van der Waals surface area contributed by atoms with E-state index in [1.807, 2.05) is 19.1 Å². The Balaban J connectivity index is 2.56. The van der Waals surface area contributed by atoms with Crippen LogP contribution in [0.25, 0.3) is 0 Å². The molecule has 0 aromatic heterocycles. The van der Waals surface area contributed by atoms with Crippen LogP contribution in [0, 0.1) is 13.8 Å². The first-order chi connectivity index (χ1) is 8.04. The molecule has 1 rings (SSSR count). The minimum absolute atomic E-state index is 0.469. The van der Waals surface area contributed by atoms with Gasteiger partial charge in [-0.25, -0.2) is 0 Å². The van der Waals surface area contributed by atoms with E-state index in [9.17, 15) is 0 Å². The average molecular weight is 268 g/mol. The number of rotatable bonds is 1. The van der Waals surface area contributed by atoms with Crippen molar-refractivity contribution in [1.29, 1.82) is 0 Å². The Labute approximate surface area is 112 Å². The van der Waals surface area contributed by atoms with E-state index < -0.39 is 0 Å². The van der Waals surface area contributed by atoms with Crippen molar-refractivity contribution in [1.82, 2.24) is 16.2 Å². The monoisotopic (exact) mass is 268 g/mol. The normalized spacial score (nSPS) is 9.35. The van der Waals surface area contributed by atoms with Gasteiger partial charge in [0.1, 0.15) is 0 Å². The van der Waals surface area contributed by atoms with Crippen LogP contribution in [-0.2, 0) is 0 Å². The molecular formula is C11H16N4S2. The Morgan fingerprint density at radius 3 is 2.35 bits per heavy atom. The summed E-state index contributed by atoms with van der Waals surface area (Å²) in [6, 6.07) is 6.02. The first-order valence-electron chi connectivity index (χ1n) is 5.15. The van der Waals surface area contributed by atoms with Crippen molar-refractivity contribution in [3.05, 3.63) is 29.3 Å². The van der Waals surface area contributed by atoms with Gasteiger partial charge in [0.05, 0.1) is 0 Å². The zero-order valence-electron chi connectivity index (χ0n) is 10.0. The van der Waals surface area contributed by atoms with Gasteiger partial charge >= 0.3 is 0 Å². The van der Waals surface area contributed by atoms with Gasteiger partial charge in [-0.05, 0) is 55.5 Å². The zero-order valence-corrected chi connectivity index (χ0v) is 11.7. The molecule has 0 spiro atoms. The van der Waals surface area contributed by atoms with Crippen molar-refractivity contribution in [3.8, 4) is 0 Å². The highest BCUT2D eigenvalue weighted by Gasteiger charge is 2.02. The Morgan fingerprint density at radius 2 is 1.71 bits per heavy atom. The summed E-state index contributed by atoms with van der Waals surface area (Å²) in [5.41, 5.74) is 8.93. The number of thiocarbonyl (C=S) groups is 2. The van der Waals surface area contributed by atoms with Crippen LogP contribution >= 0.6 is 24.4 Å². The molecule has 0 saturated carbocycles. The van der Waals surface area contributed by atoms with E-state index in [2.05, 4.69) is 34.5 Å². The van der Waals surface area contributed by atoms with Crippen LogP contribution in [0.4, 0.5) is 5.69 Å². The van der Waals surface area contributed by atoms with E-state index in [4.69, 9.17) is 24.4 Å². The molecule has 0 saturated heterocycles. The lowest BCUT2D eigenvalue weighted by Gasteiger charge is -2.14. The van der Waals surface area contributed by atoms with Crippen LogP contribution in [0.3, 0.4) is 0 Å². The minimum atomic E-state index is 0.469. The fourth-order valence-corrected chi connectivity index (χ4v) is 1.43. The molecule has 0 unspecified atom stereocenters. The molecule has 0 aliphatic heterocycles. The molecule has 4 nitrogen and oxygen atoms in total. The second kappa shape index (κ2) is 6.36. The Bertz CT molecular complexity index is 431. The van der Waals surface area contributed by atoms with Gasteiger partial charge in [0.25, 0.3) is 0 Å². The lowest BCUT2D eigenvalue weighted by molar-refractivity contribution is 0.853. The highest BCUT2D eigenvalue weighted by molar-refractivity contribution is 7.80. The number of aryl methyl sites for hydroxylation is 1. The lowest BCUT2D eigenvalue weighted by atomic mass is 10.1. The number of benzene rings is 1. The van der Waals surface area contributed by atoms with E-state index in [-0.39, 0.29) is 0 Å². The molecule has 0 atom stereocenters. The molecule has 92 valence electrons. The SMILES string of the molecule is CNC(=S)NNC(=S)Nc1cccc(C)c1C. The molecule has 0 aliphatic rings. The van der Waals surface area contributed by atoms with Gasteiger partial charge in [0, 0.05) is 12.7 Å². The van der Waals surface area contributed by atoms with Gasteiger partial charge in [-0.15, -0.1) is 0 Å². The smallest absolute Gasteiger partial charge is 0.189 e. The molecule has 0 fully saturated rings. The van der Waals surface area contributed by atoms with Crippen molar-refractivity contribution in [2.75, 3.05) is 12.4 Å². The van der Waals surface area contributed by atoms with Crippen molar-refractivity contribution >= 4 is 40.3 Å². The van der Waals surface area contributed by atoms with E-state index in [0.29, 0.717) is 10.2 Å². The fourth-order valence-electron chi connectivity index (χ4n) is 1.22. The third-order valence-electron chi connectivity index (χ3n) is 2.37. The maximum Gasteiger partial charge on any atom is 0.189 e. The quantitative estimate of drug-likeness (QED) is 0.458. The molecule has 0 heterocycles. The Hall–Kier alpha value is -1.40. The number of nitrogens with one attached hydrogen (secondary N) is 4. The Kier molecular flexibility index (Phi) is 5.11. The molecule has 0 amide bonds. The van der Waals surface area contributed by atoms with Crippen molar-refractivity contribution in [2.45, 2.75) is 13.8 Å². The standard InChI is InChI=1S/C11H16N4S2/c1-7-5-4-6-9(8(7)2)13-11(17)15-14-10(16)12-3/h4-6H,1-3H3,(H2,12,14,16)(H2,13,15,17). The van der Waals surface area contributed by atoms with Crippen LogP contribution < -0.4 is 21.5 Å². The number of hydrazine groups is 1. The number of hydrogen-bond acceptors (Lipinski definition) is 2. The summed E-state index contributed by atoms with van der Waals surface area (Å²) in [5, 5.41) is 6.83. The minimum Gasteiger partial charge on any atom is -0.364 e. The second-order valence-electron chi connectivity index (χ2n) is 3.53. The van der Waals surface area contributed by atoms with Gasteiger partial charge in [-0.1, -0.05) is 12.1 Å². The summed E-state index contributed by atoms with van der Waals surface area (Å²) in [5.74, 6) is 0. The summed E-state index contributed by atoms with van der Waals surface area (Å²) in [4.78, 5) is 0. The molecule has 0 radical (unpaired) electrons. The zero-order chi connectivity index (χ0) is 12.8. The molecule has 17 heavy (non-hydrogen) atoms. The first kappa shape index (κ1) is 13.7. The van der Waals surface area contributed by atoms with Gasteiger partial charge in [-0.2, -0.15) is 0 Å². The maximum atomic E-state index is 5.13. The average Bonchev–Trinajstić information content (AvgIpc) is 2.32. The van der Waals surface area contributed by atoms with Gasteiger partial charge < -0.3 is 10.6 Å². The Morgan fingerprint density at radius 1 is 1.06 bits per heavy atom. The highest BCUT2D eigenvalue weighted by Crippen LogP contribution is 2.17. The fraction of sp³-hybridized carbons (Fsp3) is 0.273. The van der Waals surface area contributed by atoms with Gasteiger partial charge in [0.15, 0.2) is 10.2 Å². The summed E-state index contributed by atoms with van der Waals surface area (Å²) >= 11 is 10.0. The largest absolute Gasteiger partial charge is 0.364 e. The molecule has 0 bridgehead atoms. The van der Waals surface area contributed by atoms with E-state index in [1.54, 1.807) is 7.05 Å². The van der Waals surface area contributed by atoms with Crippen molar-refractivity contribution in [3.63, 3.8) is 0 Å². The maximum absolute atomic E-state index is 5.13. The summed E-state index contributed by atoms with van der Waals surface area (Å²) in [7, 11) is 1.73. The van der Waals surface area contributed by atoms with Crippen LogP contribution in [0.2, 0.25) is 0 Å². The molecule has 1 aromatic rings. The molecule has 6 heteroatoms. The van der Waals surface area contributed by atoms with Crippen LogP contribution in [0.1, 0.15) is 11.1 Å². The van der Waals surface area contributed by atoms with Crippen molar-refractivity contribution < 1.29 is 0 Å². The third kappa shape index (κ3) is 4.16.